The Kier molecular flexibility index (Phi) is 14.4. The molecule has 0 saturated heterocycles. The van der Waals surface area contributed by atoms with Gasteiger partial charge in [0.2, 0.25) is 0 Å². The summed E-state index contributed by atoms with van der Waals surface area (Å²) < 4.78 is 0. The molecule has 4 aromatic rings. The SMILES string of the molecule is CC#CC(/C=C(\C=C(/C)c1ccc(-c2ccccc2)cc1)C(/C=C\CC(/C=C\C(C)=C1\C(=N)C=CCC1C)=C/C)=C/C)c1ccc(-c2ccccc2)cc1. The van der Waals surface area contributed by atoms with Crippen molar-refractivity contribution < 1.29 is 0 Å². The molecule has 1 aliphatic rings. The van der Waals surface area contributed by atoms with Crippen LogP contribution in [0.3, 0.4) is 0 Å². The zero-order valence-electron chi connectivity index (χ0n) is 32.7. The molecule has 54 heavy (non-hydrogen) atoms. The van der Waals surface area contributed by atoms with E-state index in [1.54, 1.807) is 0 Å². The number of rotatable bonds is 12. The lowest BCUT2D eigenvalue weighted by Crippen LogP contribution is -2.13. The molecule has 1 N–H and O–H groups in total. The summed E-state index contributed by atoms with van der Waals surface area (Å²) in [6.07, 6.45) is 23.7. The smallest absolute Gasteiger partial charge is 0.0641 e. The van der Waals surface area contributed by atoms with Gasteiger partial charge in [0.05, 0.1) is 11.6 Å². The van der Waals surface area contributed by atoms with Crippen molar-refractivity contribution in [1.29, 1.82) is 5.41 Å². The van der Waals surface area contributed by atoms with Gasteiger partial charge >= 0.3 is 0 Å². The fourth-order valence-electron chi connectivity index (χ4n) is 6.92. The lowest BCUT2D eigenvalue weighted by molar-refractivity contribution is 0.707. The molecule has 1 nitrogen and oxygen atoms in total. The van der Waals surface area contributed by atoms with E-state index in [-0.39, 0.29) is 5.92 Å². The summed E-state index contributed by atoms with van der Waals surface area (Å²) in [5.41, 5.74) is 14.8. The molecule has 1 heteroatoms. The van der Waals surface area contributed by atoms with E-state index >= 15 is 0 Å². The zero-order chi connectivity index (χ0) is 38.3. The predicted octanol–water partition coefficient (Wildman–Crippen LogP) is 14.5. The van der Waals surface area contributed by atoms with Crippen LogP contribution in [-0.2, 0) is 0 Å². The summed E-state index contributed by atoms with van der Waals surface area (Å²) in [5.74, 6) is 7.00. The average Bonchev–Trinajstić information content (AvgIpc) is 3.21. The van der Waals surface area contributed by atoms with Gasteiger partial charge in [0.1, 0.15) is 0 Å². The molecule has 0 saturated carbocycles. The highest BCUT2D eigenvalue weighted by Crippen LogP contribution is 2.30. The number of benzene rings is 4. The van der Waals surface area contributed by atoms with Crippen LogP contribution in [0.5, 0.6) is 0 Å². The largest absolute Gasteiger partial charge is 0.301 e. The van der Waals surface area contributed by atoms with Gasteiger partial charge < -0.3 is 5.41 Å². The second-order valence-corrected chi connectivity index (χ2v) is 13.8. The van der Waals surface area contributed by atoms with E-state index < -0.39 is 0 Å². The third-order valence-corrected chi connectivity index (χ3v) is 10.0. The summed E-state index contributed by atoms with van der Waals surface area (Å²) in [7, 11) is 0. The minimum atomic E-state index is -0.0801. The molecule has 2 unspecified atom stereocenters. The van der Waals surface area contributed by atoms with E-state index in [0.29, 0.717) is 11.6 Å². The highest BCUT2D eigenvalue weighted by Gasteiger charge is 2.17. The quantitative estimate of drug-likeness (QED) is 0.112. The fourth-order valence-corrected chi connectivity index (χ4v) is 6.92. The minimum absolute atomic E-state index is 0.0801. The molecule has 4 aromatic carbocycles. The summed E-state index contributed by atoms with van der Waals surface area (Å²) in [4.78, 5) is 0. The lowest BCUT2D eigenvalue weighted by Gasteiger charge is -2.20. The van der Waals surface area contributed by atoms with Gasteiger partial charge in [-0.25, -0.2) is 0 Å². The second-order valence-electron chi connectivity index (χ2n) is 13.8. The van der Waals surface area contributed by atoms with Crippen LogP contribution < -0.4 is 0 Å². The van der Waals surface area contributed by atoms with Crippen molar-refractivity contribution in [2.45, 2.75) is 60.3 Å². The Morgan fingerprint density at radius 3 is 1.89 bits per heavy atom. The Balaban J connectivity index is 1.46. The molecule has 0 amide bonds. The van der Waals surface area contributed by atoms with Crippen LogP contribution in [0.2, 0.25) is 0 Å². The topological polar surface area (TPSA) is 23.9 Å². The van der Waals surface area contributed by atoms with Crippen LogP contribution >= 0.6 is 0 Å². The second kappa shape index (κ2) is 19.8. The van der Waals surface area contributed by atoms with Crippen molar-refractivity contribution in [2.24, 2.45) is 5.92 Å². The summed E-state index contributed by atoms with van der Waals surface area (Å²) >= 11 is 0. The third-order valence-electron chi connectivity index (χ3n) is 10.0. The molecule has 0 radical (unpaired) electrons. The fraction of sp³-hybridized carbons (Fsp3) is 0.189. The van der Waals surface area contributed by atoms with Gasteiger partial charge in [0, 0.05) is 0 Å². The zero-order valence-corrected chi connectivity index (χ0v) is 32.7. The first kappa shape index (κ1) is 39.2. The Morgan fingerprint density at radius 2 is 1.33 bits per heavy atom. The van der Waals surface area contributed by atoms with E-state index in [4.69, 9.17) is 5.41 Å². The van der Waals surface area contributed by atoms with E-state index in [0.717, 1.165) is 35.1 Å². The molecule has 0 fully saturated rings. The number of nitrogens with one attached hydrogen (secondary N) is 1. The molecule has 270 valence electrons. The highest BCUT2D eigenvalue weighted by molar-refractivity contribution is 6.08. The van der Waals surface area contributed by atoms with Gasteiger partial charge in [-0.1, -0.05) is 177 Å². The maximum absolute atomic E-state index is 8.45. The molecular weight excluding hydrogens is 651 g/mol. The van der Waals surface area contributed by atoms with Gasteiger partial charge in [-0.05, 0) is 126 Å². The molecule has 0 aliphatic heterocycles. The number of hydrogen-bond donors (Lipinski definition) is 1. The van der Waals surface area contributed by atoms with Gasteiger partial charge in [-0.2, -0.15) is 0 Å². The summed E-state index contributed by atoms with van der Waals surface area (Å²) in [6.45, 7) is 12.7. The first-order chi connectivity index (χ1) is 26.3. The molecule has 0 heterocycles. The normalized spacial score (nSPS) is 17.1. The van der Waals surface area contributed by atoms with E-state index in [1.165, 1.54) is 44.5 Å². The van der Waals surface area contributed by atoms with Crippen molar-refractivity contribution in [2.75, 3.05) is 0 Å². The molecule has 0 bridgehead atoms. The van der Waals surface area contributed by atoms with Crippen LogP contribution in [0.4, 0.5) is 0 Å². The maximum Gasteiger partial charge on any atom is 0.0641 e. The molecule has 0 aromatic heterocycles. The van der Waals surface area contributed by atoms with Crippen LogP contribution in [-0.4, -0.2) is 5.71 Å². The standard InChI is InChI=1S/C53H53N/c1-7-18-50(49-35-33-48(34-36-49)46-23-14-11-15-24-46)38-51(37-41(6)44-29-31-47(32-30-44)45-21-12-10-13-22-45)43(9-3)25-17-20-42(8-2)28-27-40(5)53-39(4)19-16-26-52(53)54/h8-17,21-39,50,54H,19-20H2,1-6H3/b25-17-,28-27-,41-37+,42-8-,43-9+,51-38+,53-40+,54-52?. The summed E-state index contributed by atoms with van der Waals surface area (Å²) in [5, 5.41) is 8.45. The van der Waals surface area contributed by atoms with Crippen molar-refractivity contribution in [3.63, 3.8) is 0 Å². The number of hydrogen-bond acceptors (Lipinski definition) is 1. The van der Waals surface area contributed by atoms with Crippen molar-refractivity contribution >= 4 is 11.3 Å². The Labute approximate surface area is 324 Å². The van der Waals surface area contributed by atoms with E-state index in [2.05, 4.69) is 210 Å². The van der Waals surface area contributed by atoms with E-state index in [9.17, 15) is 0 Å². The molecule has 0 spiro atoms. The van der Waals surface area contributed by atoms with Crippen molar-refractivity contribution in [1.82, 2.24) is 0 Å². The monoisotopic (exact) mass is 703 g/mol. The third kappa shape index (κ3) is 10.6. The molecular formula is C53H53N. The van der Waals surface area contributed by atoms with Gasteiger partial charge in [-0.15, -0.1) is 5.92 Å². The molecule has 1 aliphatic carbocycles. The maximum atomic E-state index is 8.45. The van der Waals surface area contributed by atoms with Gasteiger partial charge in [0.15, 0.2) is 0 Å². The Bertz CT molecular complexity index is 2200. The van der Waals surface area contributed by atoms with Crippen LogP contribution in [0, 0.1) is 23.2 Å². The predicted molar refractivity (Wildman–Crippen MR) is 235 cm³/mol. The first-order valence-corrected chi connectivity index (χ1v) is 19.1. The number of allylic oxidation sites excluding steroid dienone is 16. The van der Waals surface area contributed by atoms with Crippen molar-refractivity contribution in [3.8, 4) is 34.1 Å². The van der Waals surface area contributed by atoms with Crippen LogP contribution in [0.1, 0.15) is 71.4 Å². The van der Waals surface area contributed by atoms with E-state index in [1.807, 2.05) is 13.0 Å². The Morgan fingerprint density at radius 1 is 0.741 bits per heavy atom. The average molecular weight is 704 g/mol. The van der Waals surface area contributed by atoms with Gasteiger partial charge in [-0.3, -0.25) is 0 Å². The van der Waals surface area contributed by atoms with Crippen LogP contribution in [0.15, 0.2) is 198 Å². The van der Waals surface area contributed by atoms with Gasteiger partial charge in [0.25, 0.3) is 0 Å². The first-order valence-electron chi connectivity index (χ1n) is 19.1. The minimum Gasteiger partial charge on any atom is -0.301 e. The molecule has 2 atom stereocenters. The molecule has 5 rings (SSSR count). The highest BCUT2D eigenvalue weighted by atomic mass is 14.4. The lowest BCUT2D eigenvalue weighted by atomic mass is 9.85. The summed E-state index contributed by atoms with van der Waals surface area (Å²) in [6, 6.07) is 38.7. The van der Waals surface area contributed by atoms with Crippen LogP contribution in [0.25, 0.3) is 27.8 Å². The Hall–Kier alpha value is -5.97. The van der Waals surface area contributed by atoms with Crippen molar-refractivity contribution in [3.05, 3.63) is 209 Å².